The molecule has 0 aromatic rings. The zero-order chi connectivity index (χ0) is 14.7. The summed E-state index contributed by atoms with van der Waals surface area (Å²) in [6, 6.07) is 0.528. The van der Waals surface area contributed by atoms with Gasteiger partial charge in [0.1, 0.15) is 0 Å². The molecule has 21 heavy (non-hydrogen) atoms. The molecule has 118 valence electrons. The molecule has 1 N–H and O–H groups in total. The first-order chi connectivity index (χ1) is 10.2. The predicted octanol–water partition coefficient (Wildman–Crippen LogP) is 0.989. The van der Waals surface area contributed by atoms with E-state index in [0.717, 1.165) is 52.0 Å². The summed E-state index contributed by atoms with van der Waals surface area (Å²) >= 11 is 0. The number of hydrogen-bond donors (Lipinski definition) is 1. The molecule has 0 spiro atoms. The van der Waals surface area contributed by atoms with Gasteiger partial charge in [-0.05, 0) is 38.6 Å². The Bertz CT molecular complexity index is 381. The SMILES string of the molecule is O=C(CCC1CCCCN1)N1CCN(C(=O)C2CC2)CC1. The maximum Gasteiger partial charge on any atom is 0.225 e. The Hall–Kier alpha value is -1.10. The summed E-state index contributed by atoms with van der Waals surface area (Å²) in [6.45, 7) is 3.98. The maximum absolute atomic E-state index is 12.3. The van der Waals surface area contributed by atoms with Crippen molar-refractivity contribution in [1.29, 1.82) is 0 Å². The summed E-state index contributed by atoms with van der Waals surface area (Å²) in [7, 11) is 0. The van der Waals surface area contributed by atoms with Crippen molar-refractivity contribution in [3.05, 3.63) is 0 Å². The average molecular weight is 293 g/mol. The van der Waals surface area contributed by atoms with Crippen LogP contribution in [0.1, 0.15) is 44.9 Å². The molecule has 2 aliphatic heterocycles. The number of nitrogens with one attached hydrogen (secondary N) is 1. The van der Waals surface area contributed by atoms with Crippen molar-refractivity contribution in [3.63, 3.8) is 0 Å². The fourth-order valence-electron chi connectivity index (χ4n) is 3.39. The lowest BCUT2D eigenvalue weighted by Crippen LogP contribution is -2.51. The van der Waals surface area contributed by atoms with Crippen molar-refractivity contribution in [3.8, 4) is 0 Å². The van der Waals surface area contributed by atoms with Crippen molar-refractivity contribution < 1.29 is 9.59 Å². The van der Waals surface area contributed by atoms with Crippen LogP contribution in [0.25, 0.3) is 0 Å². The quantitative estimate of drug-likeness (QED) is 0.841. The molecule has 1 atom stereocenters. The Labute approximate surface area is 127 Å². The van der Waals surface area contributed by atoms with Crippen LogP contribution in [0, 0.1) is 5.92 Å². The molecule has 0 radical (unpaired) electrons. The first kappa shape index (κ1) is 14.8. The number of piperazine rings is 1. The molecule has 2 heterocycles. The molecule has 1 unspecified atom stereocenters. The van der Waals surface area contributed by atoms with E-state index in [-0.39, 0.29) is 5.91 Å². The van der Waals surface area contributed by atoms with E-state index in [1.165, 1.54) is 19.3 Å². The summed E-state index contributed by atoms with van der Waals surface area (Å²) in [4.78, 5) is 28.1. The van der Waals surface area contributed by atoms with Crippen LogP contribution in [0.5, 0.6) is 0 Å². The number of rotatable bonds is 4. The lowest BCUT2D eigenvalue weighted by Gasteiger charge is -2.35. The molecule has 3 fully saturated rings. The third-order valence-corrected chi connectivity index (χ3v) is 4.99. The fourth-order valence-corrected chi connectivity index (χ4v) is 3.39. The van der Waals surface area contributed by atoms with Crippen molar-refractivity contribution in [2.45, 2.75) is 51.0 Å². The van der Waals surface area contributed by atoms with E-state index in [2.05, 4.69) is 5.32 Å². The average Bonchev–Trinajstić information content (AvgIpc) is 3.38. The summed E-state index contributed by atoms with van der Waals surface area (Å²) in [5.74, 6) is 0.874. The van der Waals surface area contributed by atoms with Gasteiger partial charge in [-0.1, -0.05) is 6.42 Å². The first-order valence-electron chi connectivity index (χ1n) is 8.54. The Morgan fingerprint density at radius 2 is 1.67 bits per heavy atom. The minimum Gasteiger partial charge on any atom is -0.339 e. The Morgan fingerprint density at radius 1 is 0.952 bits per heavy atom. The molecule has 3 aliphatic rings. The maximum atomic E-state index is 12.3. The number of hydrogen-bond acceptors (Lipinski definition) is 3. The highest BCUT2D eigenvalue weighted by molar-refractivity contribution is 5.81. The van der Waals surface area contributed by atoms with Gasteiger partial charge in [0.25, 0.3) is 0 Å². The van der Waals surface area contributed by atoms with Gasteiger partial charge in [-0.15, -0.1) is 0 Å². The second-order valence-electron chi connectivity index (χ2n) is 6.67. The van der Waals surface area contributed by atoms with E-state index < -0.39 is 0 Å². The molecule has 2 amide bonds. The van der Waals surface area contributed by atoms with Crippen LogP contribution < -0.4 is 5.32 Å². The van der Waals surface area contributed by atoms with Crippen LogP contribution in [-0.2, 0) is 9.59 Å². The highest BCUT2D eigenvalue weighted by atomic mass is 16.2. The van der Waals surface area contributed by atoms with Crippen molar-refractivity contribution in [2.75, 3.05) is 32.7 Å². The van der Waals surface area contributed by atoms with Gasteiger partial charge in [0, 0.05) is 44.6 Å². The number of nitrogens with zero attached hydrogens (tertiary/aromatic N) is 2. The summed E-state index contributed by atoms with van der Waals surface area (Å²) < 4.78 is 0. The molecule has 0 aromatic heterocycles. The van der Waals surface area contributed by atoms with Crippen LogP contribution in [0.2, 0.25) is 0 Å². The molecule has 0 bridgehead atoms. The zero-order valence-electron chi connectivity index (χ0n) is 12.9. The van der Waals surface area contributed by atoms with Crippen molar-refractivity contribution >= 4 is 11.8 Å². The summed E-state index contributed by atoms with van der Waals surface area (Å²) in [5, 5.41) is 3.50. The van der Waals surface area contributed by atoms with E-state index in [1.54, 1.807) is 0 Å². The topological polar surface area (TPSA) is 52.7 Å². The second-order valence-corrected chi connectivity index (χ2v) is 6.67. The minimum absolute atomic E-state index is 0.265. The third-order valence-electron chi connectivity index (χ3n) is 4.99. The molecular weight excluding hydrogens is 266 g/mol. The predicted molar refractivity (Wildman–Crippen MR) is 80.8 cm³/mol. The monoisotopic (exact) mass is 293 g/mol. The molecule has 1 saturated carbocycles. The molecule has 0 aromatic carbocycles. The normalized spacial score (nSPS) is 26.8. The lowest BCUT2D eigenvalue weighted by molar-refractivity contribution is -0.140. The highest BCUT2D eigenvalue weighted by Gasteiger charge is 2.35. The summed E-state index contributed by atoms with van der Waals surface area (Å²) in [5.41, 5.74) is 0. The van der Waals surface area contributed by atoms with Gasteiger partial charge < -0.3 is 15.1 Å². The molecule has 2 saturated heterocycles. The molecule has 3 rings (SSSR count). The molecular formula is C16H27N3O2. The van der Waals surface area contributed by atoms with Crippen LogP contribution in [0.4, 0.5) is 0 Å². The van der Waals surface area contributed by atoms with Gasteiger partial charge in [0.15, 0.2) is 0 Å². The van der Waals surface area contributed by atoms with Crippen LogP contribution in [-0.4, -0.2) is 60.4 Å². The highest BCUT2D eigenvalue weighted by Crippen LogP contribution is 2.31. The van der Waals surface area contributed by atoms with Crippen LogP contribution >= 0.6 is 0 Å². The van der Waals surface area contributed by atoms with Crippen LogP contribution in [0.15, 0.2) is 0 Å². The van der Waals surface area contributed by atoms with E-state index in [4.69, 9.17) is 0 Å². The van der Waals surface area contributed by atoms with Gasteiger partial charge in [-0.3, -0.25) is 9.59 Å². The van der Waals surface area contributed by atoms with E-state index >= 15 is 0 Å². The van der Waals surface area contributed by atoms with E-state index in [1.807, 2.05) is 9.80 Å². The van der Waals surface area contributed by atoms with Gasteiger partial charge in [-0.25, -0.2) is 0 Å². The van der Waals surface area contributed by atoms with Gasteiger partial charge in [0.2, 0.25) is 11.8 Å². The van der Waals surface area contributed by atoms with Gasteiger partial charge >= 0.3 is 0 Å². The smallest absolute Gasteiger partial charge is 0.225 e. The molecule has 1 aliphatic carbocycles. The lowest BCUT2D eigenvalue weighted by atomic mass is 10.0. The number of carbonyl (C=O) groups is 2. The van der Waals surface area contributed by atoms with Crippen molar-refractivity contribution in [1.82, 2.24) is 15.1 Å². The second kappa shape index (κ2) is 6.77. The Morgan fingerprint density at radius 3 is 2.29 bits per heavy atom. The molecule has 5 nitrogen and oxygen atoms in total. The number of carbonyl (C=O) groups excluding carboxylic acids is 2. The van der Waals surface area contributed by atoms with Gasteiger partial charge in [0.05, 0.1) is 0 Å². The van der Waals surface area contributed by atoms with E-state index in [9.17, 15) is 9.59 Å². The largest absolute Gasteiger partial charge is 0.339 e. The number of piperidine rings is 1. The minimum atomic E-state index is 0.265. The zero-order valence-corrected chi connectivity index (χ0v) is 12.9. The first-order valence-corrected chi connectivity index (χ1v) is 8.54. The van der Waals surface area contributed by atoms with E-state index in [0.29, 0.717) is 24.3 Å². The summed E-state index contributed by atoms with van der Waals surface area (Å²) in [6.07, 6.45) is 7.49. The standard InChI is InChI=1S/C16H27N3O2/c20-15(7-6-14-3-1-2-8-17-14)18-9-11-19(12-10-18)16(21)13-4-5-13/h13-14,17H,1-12H2. The molecule has 5 heteroatoms. The number of amides is 2. The van der Waals surface area contributed by atoms with Gasteiger partial charge in [-0.2, -0.15) is 0 Å². The Balaban J connectivity index is 1.37. The third kappa shape index (κ3) is 3.96. The Kier molecular flexibility index (Phi) is 4.78. The van der Waals surface area contributed by atoms with Crippen LogP contribution in [0.3, 0.4) is 0 Å². The van der Waals surface area contributed by atoms with Crippen molar-refractivity contribution in [2.24, 2.45) is 5.92 Å². The fraction of sp³-hybridized carbons (Fsp3) is 0.875.